The molecule has 1 fully saturated rings. The predicted octanol–water partition coefficient (Wildman–Crippen LogP) is 4.45. The van der Waals surface area contributed by atoms with Crippen LogP contribution in [0.3, 0.4) is 0 Å². The van der Waals surface area contributed by atoms with Gasteiger partial charge in [-0.25, -0.2) is 0 Å². The lowest BCUT2D eigenvalue weighted by atomic mass is 9.87. The third kappa shape index (κ3) is 9.62. The molecular formula is C27H45NO5. The van der Waals surface area contributed by atoms with E-state index in [1.807, 2.05) is 6.92 Å². The SMILES string of the molecule is CCCC[C@](C)(O)CC=C[C@H]1[C@H](O)CC2C=C(CCCCC(=O)NCCC(=O)OCC)C[C@@H]21. The molecule has 1 amide bonds. The van der Waals surface area contributed by atoms with E-state index in [0.717, 1.165) is 51.4 Å². The van der Waals surface area contributed by atoms with Gasteiger partial charge in [-0.3, -0.25) is 9.59 Å². The van der Waals surface area contributed by atoms with Crippen molar-refractivity contribution in [2.24, 2.45) is 17.8 Å². The smallest absolute Gasteiger partial charge is 0.307 e. The van der Waals surface area contributed by atoms with E-state index >= 15 is 0 Å². The van der Waals surface area contributed by atoms with Crippen LogP contribution in [0.5, 0.6) is 0 Å². The Morgan fingerprint density at radius 2 is 2.03 bits per heavy atom. The lowest BCUT2D eigenvalue weighted by Crippen LogP contribution is -2.26. The molecule has 0 aromatic carbocycles. The molecule has 5 atom stereocenters. The number of ether oxygens (including phenoxy) is 1. The number of carbonyl (C=O) groups excluding carboxylic acids is 2. The standard InChI is InChI=1S/C27H45NO5/c1-4-6-14-27(3,32)15-9-11-22-23-18-20(17-21(23)19-24(22)29)10-7-8-12-25(30)28-16-13-26(31)33-5-2/h9,11,17,21-24,29,32H,4-8,10,12-16,18-19H2,1-3H3,(H,28,30)/t21?,22-,23+,24-,27+/m1/s1. The summed E-state index contributed by atoms with van der Waals surface area (Å²) in [7, 11) is 0. The van der Waals surface area contributed by atoms with Crippen molar-refractivity contribution < 1.29 is 24.5 Å². The third-order valence-corrected chi connectivity index (χ3v) is 7.04. The molecule has 188 valence electrons. The first kappa shape index (κ1) is 27.6. The van der Waals surface area contributed by atoms with Gasteiger partial charge in [-0.2, -0.15) is 0 Å². The molecular weight excluding hydrogens is 418 g/mol. The molecule has 33 heavy (non-hydrogen) atoms. The largest absolute Gasteiger partial charge is 0.466 e. The molecule has 6 heteroatoms. The van der Waals surface area contributed by atoms with Crippen molar-refractivity contribution in [1.29, 1.82) is 0 Å². The molecule has 1 saturated carbocycles. The van der Waals surface area contributed by atoms with Gasteiger partial charge in [-0.15, -0.1) is 0 Å². The number of rotatable bonds is 15. The summed E-state index contributed by atoms with van der Waals surface area (Å²) in [5.41, 5.74) is 0.785. The second-order valence-corrected chi connectivity index (χ2v) is 10.1. The number of esters is 1. The number of unbranched alkanes of at least 4 members (excludes halogenated alkanes) is 2. The zero-order valence-electron chi connectivity index (χ0n) is 20.9. The van der Waals surface area contributed by atoms with E-state index in [1.54, 1.807) is 6.92 Å². The highest BCUT2D eigenvalue weighted by atomic mass is 16.5. The summed E-state index contributed by atoms with van der Waals surface area (Å²) < 4.78 is 4.85. The third-order valence-electron chi connectivity index (χ3n) is 7.04. The van der Waals surface area contributed by atoms with Gasteiger partial charge in [0.05, 0.1) is 24.7 Å². The maximum Gasteiger partial charge on any atom is 0.307 e. The highest BCUT2D eigenvalue weighted by molar-refractivity contribution is 5.76. The molecule has 0 aromatic heterocycles. The number of hydrogen-bond acceptors (Lipinski definition) is 5. The summed E-state index contributed by atoms with van der Waals surface area (Å²) in [6, 6.07) is 0. The minimum absolute atomic E-state index is 0.0142. The van der Waals surface area contributed by atoms with Crippen LogP contribution >= 0.6 is 0 Å². The van der Waals surface area contributed by atoms with Gasteiger partial charge < -0.3 is 20.3 Å². The van der Waals surface area contributed by atoms with Gasteiger partial charge in [0.1, 0.15) is 0 Å². The van der Waals surface area contributed by atoms with E-state index in [9.17, 15) is 19.8 Å². The van der Waals surface area contributed by atoms with Crippen molar-refractivity contribution in [3.63, 3.8) is 0 Å². The monoisotopic (exact) mass is 463 g/mol. The molecule has 0 spiro atoms. The first-order valence-electron chi connectivity index (χ1n) is 12.9. The van der Waals surface area contributed by atoms with E-state index in [1.165, 1.54) is 5.57 Å². The van der Waals surface area contributed by atoms with Crippen LogP contribution in [0.2, 0.25) is 0 Å². The van der Waals surface area contributed by atoms with Crippen molar-refractivity contribution in [2.45, 2.75) is 103 Å². The lowest BCUT2D eigenvalue weighted by Gasteiger charge is -2.22. The molecule has 0 saturated heterocycles. The maximum atomic E-state index is 11.9. The zero-order valence-corrected chi connectivity index (χ0v) is 20.9. The highest BCUT2D eigenvalue weighted by Crippen LogP contribution is 2.48. The molecule has 2 rings (SSSR count). The minimum atomic E-state index is -0.667. The highest BCUT2D eigenvalue weighted by Gasteiger charge is 2.43. The van der Waals surface area contributed by atoms with E-state index < -0.39 is 5.60 Å². The Morgan fingerprint density at radius 1 is 1.24 bits per heavy atom. The fraction of sp³-hybridized carbons (Fsp3) is 0.778. The molecule has 2 aliphatic rings. The number of nitrogens with one attached hydrogen (secondary N) is 1. The van der Waals surface area contributed by atoms with Crippen LogP contribution in [0.4, 0.5) is 0 Å². The lowest BCUT2D eigenvalue weighted by molar-refractivity contribution is -0.143. The predicted molar refractivity (Wildman–Crippen MR) is 130 cm³/mol. The van der Waals surface area contributed by atoms with Crippen LogP contribution < -0.4 is 5.32 Å². The van der Waals surface area contributed by atoms with Crippen LogP contribution in [-0.4, -0.2) is 46.9 Å². The summed E-state index contributed by atoms with van der Waals surface area (Å²) in [5.74, 6) is 0.765. The topological polar surface area (TPSA) is 95.9 Å². The van der Waals surface area contributed by atoms with Gasteiger partial charge >= 0.3 is 5.97 Å². The molecule has 1 unspecified atom stereocenters. The first-order valence-corrected chi connectivity index (χ1v) is 12.9. The molecule has 0 radical (unpaired) electrons. The van der Waals surface area contributed by atoms with Crippen LogP contribution in [0.15, 0.2) is 23.8 Å². The fourth-order valence-electron chi connectivity index (χ4n) is 5.19. The van der Waals surface area contributed by atoms with Gasteiger partial charge in [-0.05, 0) is 70.6 Å². The van der Waals surface area contributed by atoms with Gasteiger partial charge in [0.15, 0.2) is 0 Å². The number of hydrogen-bond donors (Lipinski definition) is 3. The van der Waals surface area contributed by atoms with Gasteiger partial charge in [-0.1, -0.05) is 43.6 Å². The van der Waals surface area contributed by atoms with Gasteiger partial charge in [0.25, 0.3) is 0 Å². The summed E-state index contributed by atoms with van der Waals surface area (Å²) in [6.07, 6.45) is 15.2. The normalized spacial score (nSPS) is 26.2. The quantitative estimate of drug-likeness (QED) is 0.189. The second-order valence-electron chi connectivity index (χ2n) is 10.1. The molecule has 0 aliphatic heterocycles. The molecule has 3 N–H and O–H groups in total. The average Bonchev–Trinajstić information content (AvgIpc) is 3.27. The Kier molecular flexibility index (Phi) is 11.6. The van der Waals surface area contributed by atoms with Crippen molar-refractivity contribution >= 4 is 11.9 Å². The van der Waals surface area contributed by atoms with Crippen molar-refractivity contribution in [3.8, 4) is 0 Å². The molecule has 0 bridgehead atoms. The fourth-order valence-corrected chi connectivity index (χ4v) is 5.19. The summed E-state index contributed by atoms with van der Waals surface area (Å²) in [4.78, 5) is 23.2. The Bertz CT molecular complexity index is 684. The van der Waals surface area contributed by atoms with Crippen LogP contribution in [0, 0.1) is 17.8 Å². The Hall–Kier alpha value is -1.66. The molecule has 0 aromatic rings. The minimum Gasteiger partial charge on any atom is -0.466 e. The number of carbonyl (C=O) groups is 2. The number of allylic oxidation sites excluding steroid dienone is 2. The summed E-state index contributed by atoms with van der Waals surface area (Å²) >= 11 is 0. The van der Waals surface area contributed by atoms with Gasteiger partial charge in [0.2, 0.25) is 5.91 Å². The van der Waals surface area contributed by atoms with Crippen molar-refractivity contribution in [1.82, 2.24) is 5.32 Å². The second kappa shape index (κ2) is 13.9. The van der Waals surface area contributed by atoms with E-state index in [0.29, 0.717) is 37.8 Å². The van der Waals surface area contributed by atoms with Gasteiger partial charge in [0, 0.05) is 18.9 Å². The summed E-state index contributed by atoms with van der Waals surface area (Å²) in [5, 5.41) is 23.8. The van der Waals surface area contributed by atoms with Crippen molar-refractivity contribution in [3.05, 3.63) is 23.8 Å². The van der Waals surface area contributed by atoms with Crippen LogP contribution in [-0.2, 0) is 14.3 Å². The first-order chi connectivity index (χ1) is 15.8. The zero-order chi connectivity index (χ0) is 24.3. The van der Waals surface area contributed by atoms with E-state index in [-0.39, 0.29) is 30.3 Å². The summed E-state index contributed by atoms with van der Waals surface area (Å²) in [6.45, 7) is 6.49. The van der Waals surface area contributed by atoms with E-state index in [2.05, 4.69) is 30.5 Å². The molecule has 6 nitrogen and oxygen atoms in total. The van der Waals surface area contributed by atoms with E-state index in [4.69, 9.17) is 4.74 Å². The number of aliphatic hydroxyl groups is 2. The van der Waals surface area contributed by atoms with Crippen molar-refractivity contribution in [2.75, 3.05) is 13.2 Å². The molecule has 0 heterocycles. The maximum absolute atomic E-state index is 11.9. The van der Waals surface area contributed by atoms with Crippen LogP contribution in [0.25, 0.3) is 0 Å². The number of amides is 1. The average molecular weight is 464 g/mol. The van der Waals surface area contributed by atoms with Crippen LogP contribution in [0.1, 0.15) is 91.4 Å². The Labute approximate surface area is 199 Å². The number of aliphatic hydroxyl groups excluding tert-OH is 1. The Morgan fingerprint density at radius 3 is 2.76 bits per heavy atom. The Balaban J connectivity index is 1.67. The molecule has 2 aliphatic carbocycles. The number of fused-ring (bicyclic) bond motifs is 1.